The van der Waals surface area contributed by atoms with Gasteiger partial charge < -0.3 is 15.4 Å². The smallest absolute Gasteiger partial charge is 0.254 e. The summed E-state index contributed by atoms with van der Waals surface area (Å²) in [4.78, 5) is 26.6. The zero-order valence-corrected chi connectivity index (χ0v) is 18.1. The van der Waals surface area contributed by atoms with Gasteiger partial charge in [-0.05, 0) is 84.5 Å². The molecule has 0 aliphatic heterocycles. The second kappa shape index (κ2) is 6.12. The number of hydrogen-bond donors (Lipinski definition) is 3. The monoisotopic (exact) mass is 472 g/mol. The van der Waals surface area contributed by atoms with Crippen LogP contribution in [0.1, 0.15) is 48.9 Å². The van der Waals surface area contributed by atoms with Crippen LogP contribution < -0.4 is 5.32 Å². The van der Waals surface area contributed by atoms with Crippen molar-refractivity contribution >= 4 is 44.3 Å². The molecule has 7 rings (SSSR count). The Labute approximate surface area is 180 Å². The van der Waals surface area contributed by atoms with E-state index in [1.165, 1.54) is 6.42 Å². The number of nitrogens with one attached hydrogen (secondary N) is 2. The average molecular weight is 473 g/mol. The van der Waals surface area contributed by atoms with Crippen molar-refractivity contribution in [2.45, 2.75) is 49.7 Å². The molecule has 3 aromatic rings. The summed E-state index contributed by atoms with van der Waals surface area (Å²) in [6.45, 7) is 0. The number of pyridine rings is 1. The van der Waals surface area contributed by atoms with E-state index in [0.717, 1.165) is 34.3 Å². The number of nitrogens with zero attached hydrogens (tertiary/aromatic N) is 2. The summed E-state index contributed by atoms with van der Waals surface area (Å²) in [5, 5.41) is 14.3. The molecule has 8 heteroatoms. The molecule has 1 amide bonds. The van der Waals surface area contributed by atoms with Crippen molar-refractivity contribution in [2.24, 2.45) is 11.8 Å². The fraction of sp³-hybridized carbons (Fsp3) is 0.476. The van der Waals surface area contributed by atoms with Gasteiger partial charge in [0.05, 0.1) is 19.8 Å². The Morgan fingerprint density at radius 3 is 2.72 bits per heavy atom. The van der Waals surface area contributed by atoms with Crippen molar-refractivity contribution in [3.63, 3.8) is 0 Å². The zero-order valence-electron chi connectivity index (χ0n) is 15.7. The van der Waals surface area contributed by atoms with Gasteiger partial charge in [0.25, 0.3) is 5.91 Å². The van der Waals surface area contributed by atoms with Crippen molar-refractivity contribution in [1.82, 2.24) is 20.3 Å². The number of aliphatic hydroxyl groups is 1. The second-order valence-corrected chi connectivity index (χ2v) is 11.6. The SMILES string of the molecule is O=C(NC12CC3C[C@@H](C1)C[C@@](O)(C3)C2)c1ccnc2[nH]c(-c3ccc(Br)s3)nc12. The first kappa shape index (κ1) is 18.0. The number of carbonyl (C=O) groups is 1. The van der Waals surface area contributed by atoms with E-state index in [-0.39, 0.29) is 11.4 Å². The molecule has 0 spiro atoms. The Kier molecular flexibility index (Phi) is 3.81. The summed E-state index contributed by atoms with van der Waals surface area (Å²) >= 11 is 5.06. The Balaban J connectivity index is 1.34. The minimum atomic E-state index is -0.600. The molecule has 2 unspecified atom stereocenters. The van der Waals surface area contributed by atoms with Gasteiger partial charge in [-0.2, -0.15) is 0 Å². The van der Waals surface area contributed by atoms with Crippen LogP contribution in [0.3, 0.4) is 0 Å². The largest absolute Gasteiger partial charge is 0.390 e. The van der Waals surface area contributed by atoms with Gasteiger partial charge in [0, 0.05) is 11.7 Å². The first-order chi connectivity index (χ1) is 13.9. The predicted molar refractivity (Wildman–Crippen MR) is 115 cm³/mol. The molecule has 0 aromatic carbocycles. The molecule has 3 aromatic heterocycles. The van der Waals surface area contributed by atoms with Crippen LogP contribution in [0.15, 0.2) is 28.2 Å². The van der Waals surface area contributed by atoms with Crippen molar-refractivity contribution in [3.05, 3.63) is 33.7 Å². The maximum atomic E-state index is 13.3. The van der Waals surface area contributed by atoms with Crippen molar-refractivity contribution < 1.29 is 9.90 Å². The van der Waals surface area contributed by atoms with Gasteiger partial charge in [-0.15, -0.1) is 11.3 Å². The number of imidazole rings is 1. The van der Waals surface area contributed by atoms with Crippen molar-refractivity contribution in [2.75, 3.05) is 0 Å². The van der Waals surface area contributed by atoms with Crippen LogP contribution in [-0.2, 0) is 0 Å². The third-order valence-corrected chi connectivity index (χ3v) is 8.48. The second-order valence-electron chi connectivity index (χ2n) is 9.16. The fourth-order valence-electron chi connectivity index (χ4n) is 6.32. The number of fused-ring (bicyclic) bond motifs is 1. The standard InChI is InChI=1S/C21H21BrN4O2S/c22-15-2-1-14(29-15)17-24-16-13(3-4-23-18(16)25-17)19(27)26-20-6-11-5-12(7-20)9-21(28,8-11)10-20/h1-4,11-12,28H,5-10H2,(H,26,27)(H,23,24,25)/t11-,12?,20?,21+/m0/s1. The normalized spacial score (nSPS) is 32.8. The summed E-state index contributed by atoms with van der Waals surface area (Å²) in [5.41, 5.74) is 0.852. The maximum Gasteiger partial charge on any atom is 0.254 e. The molecule has 4 fully saturated rings. The number of amides is 1. The minimum absolute atomic E-state index is 0.117. The lowest BCUT2D eigenvalue weighted by molar-refractivity contribution is -0.139. The highest BCUT2D eigenvalue weighted by atomic mass is 79.9. The minimum Gasteiger partial charge on any atom is -0.390 e. The fourth-order valence-corrected chi connectivity index (χ4v) is 7.65. The Bertz CT molecular complexity index is 1120. The van der Waals surface area contributed by atoms with E-state index in [2.05, 4.69) is 36.2 Å². The quantitative estimate of drug-likeness (QED) is 0.530. The van der Waals surface area contributed by atoms with E-state index in [0.29, 0.717) is 40.8 Å². The van der Waals surface area contributed by atoms with E-state index in [9.17, 15) is 9.90 Å². The highest BCUT2D eigenvalue weighted by molar-refractivity contribution is 9.11. The van der Waals surface area contributed by atoms with E-state index in [1.807, 2.05) is 12.1 Å². The molecule has 3 heterocycles. The summed E-state index contributed by atoms with van der Waals surface area (Å²) < 4.78 is 1.03. The van der Waals surface area contributed by atoms with E-state index < -0.39 is 5.60 Å². The molecule has 150 valence electrons. The van der Waals surface area contributed by atoms with Crippen LogP contribution in [0.25, 0.3) is 21.9 Å². The summed E-state index contributed by atoms with van der Waals surface area (Å²) in [5.74, 6) is 1.64. The number of halogens is 1. The third kappa shape index (κ3) is 2.95. The van der Waals surface area contributed by atoms with Crippen molar-refractivity contribution in [1.29, 1.82) is 0 Å². The number of thiophene rings is 1. The number of aromatic amines is 1. The summed E-state index contributed by atoms with van der Waals surface area (Å²) in [6, 6.07) is 5.70. The number of rotatable bonds is 3. The van der Waals surface area contributed by atoms with Crippen LogP contribution in [0.4, 0.5) is 0 Å². The molecular formula is C21H21BrN4O2S. The van der Waals surface area contributed by atoms with Gasteiger partial charge >= 0.3 is 0 Å². The molecule has 29 heavy (non-hydrogen) atoms. The molecule has 4 bridgehead atoms. The predicted octanol–water partition coefficient (Wildman–Crippen LogP) is 4.26. The molecule has 0 radical (unpaired) electrons. The van der Waals surface area contributed by atoms with Gasteiger partial charge in [-0.25, -0.2) is 9.97 Å². The van der Waals surface area contributed by atoms with Crippen LogP contribution >= 0.6 is 27.3 Å². The highest BCUT2D eigenvalue weighted by Crippen LogP contribution is 2.57. The van der Waals surface area contributed by atoms with E-state index >= 15 is 0 Å². The molecule has 4 aliphatic rings. The van der Waals surface area contributed by atoms with Gasteiger partial charge in [-0.1, -0.05) is 0 Å². The van der Waals surface area contributed by atoms with Crippen molar-refractivity contribution in [3.8, 4) is 10.7 Å². The van der Waals surface area contributed by atoms with Crippen LogP contribution in [-0.4, -0.2) is 37.1 Å². The molecule has 3 N–H and O–H groups in total. The number of H-pyrrole nitrogens is 1. The lowest BCUT2D eigenvalue weighted by Crippen LogP contribution is -2.65. The van der Waals surface area contributed by atoms with Crippen LogP contribution in [0.2, 0.25) is 0 Å². The number of aromatic nitrogens is 3. The molecule has 0 saturated heterocycles. The number of hydrogen-bond acceptors (Lipinski definition) is 5. The van der Waals surface area contributed by atoms with Crippen LogP contribution in [0, 0.1) is 11.8 Å². The molecule has 6 nitrogen and oxygen atoms in total. The zero-order chi connectivity index (χ0) is 19.8. The highest BCUT2D eigenvalue weighted by Gasteiger charge is 2.57. The molecule has 4 atom stereocenters. The van der Waals surface area contributed by atoms with Gasteiger partial charge in [0.1, 0.15) is 11.3 Å². The van der Waals surface area contributed by atoms with Gasteiger partial charge in [0.15, 0.2) is 5.65 Å². The van der Waals surface area contributed by atoms with Gasteiger partial charge in [0.2, 0.25) is 0 Å². The van der Waals surface area contributed by atoms with Gasteiger partial charge in [-0.3, -0.25) is 4.79 Å². The maximum absolute atomic E-state index is 13.3. The lowest BCUT2D eigenvalue weighted by Gasteiger charge is -2.60. The Hall–Kier alpha value is -1.77. The topological polar surface area (TPSA) is 90.9 Å². The Morgan fingerprint density at radius 1 is 1.24 bits per heavy atom. The van der Waals surface area contributed by atoms with E-state index in [1.54, 1.807) is 23.6 Å². The molecule has 4 aliphatic carbocycles. The third-order valence-electron chi connectivity index (χ3n) is 6.84. The van der Waals surface area contributed by atoms with E-state index in [4.69, 9.17) is 0 Å². The first-order valence-corrected chi connectivity index (χ1v) is 11.7. The summed E-state index contributed by atoms with van der Waals surface area (Å²) in [7, 11) is 0. The average Bonchev–Trinajstić information content (AvgIpc) is 3.24. The molecule has 4 saturated carbocycles. The van der Waals surface area contributed by atoms with Crippen LogP contribution in [0.5, 0.6) is 0 Å². The Morgan fingerprint density at radius 2 is 2.03 bits per heavy atom. The summed E-state index contributed by atoms with van der Waals surface area (Å²) in [6.07, 6.45) is 7.23. The number of carbonyl (C=O) groups excluding carboxylic acids is 1. The molecular weight excluding hydrogens is 452 g/mol. The lowest BCUT2D eigenvalue weighted by atomic mass is 9.51. The first-order valence-electron chi connectivity index (χ1n) is 10.1.